The highest BCUT2D eigenvalue weighted by Gasteiger charge is 2.27. The number of aliphatic hydroxyl groups is 1. The Morgan fingerprint density at radius 1 is 1.00 bits per heavy atom. The van der Waals surface area contributed by atoms with Gasteiger partial charge in [-0.15, -0.1) is 0 Å². The lowest BCUT2D eigenvalue weighted by Gasteiger charge is -2.34. The van der Waals surface area contributed by atoms with Gasteiger partial charge in [-0.1, -0.05) is 24.3 Å². The number of nitrogens with zero attached hydrogens (tertiary/aromatic N) is 3. The van der Waals surface area contributed by atoms with Gasteiger partial charge in [-0.2, -0.15) is 0 Å². The van der Waals surface area contributed by atoms with Gasteiger partial charge in [0.05, 0.1) is 12.6 Å². The van der Waals surface area contributed by atoms with Crippen LogP contribution in [-0.4, -0.2) is 60.6 Å². The van der Waals surface area contributed by atoms with Crippen LogP contribution in [0, 0.1) is 0 Å². The van der Waals surface area contributed by atoms with Crippen LogP contribution in [0.25, 0.3) is 0 Å². The third-order valence-corrected chi connectivity index (χ3v) is 5.44. The fraction of sp³-hybridized carbons (Fsp3) is 0.381. The van der Waals surface area contributed by atoms with Crippen LogP contribution >= 0.6 is 0 Å². The first kappa shape index (κ1) is 17.1. The number of likely N-dealkylation sites (N-methyl/N-ethyl adjacent to an activating group) is 1. The van der Waals surface area contributed by atoms with Crippen LogP contribution in [0.4, 0.5) is 5.69 Å². The maximum absolute atomic E-state index is 12.9. The van der Waals surface area contributed by atoms with Gasteiger partial charge < -0.3 is 19.8 Å². The van der Waals surface area contributed by atoms with Gasteiger partial charge >= 0.3 is 0 Å². The van der Waals surface area contributed by atoms with Crippen LogP contribution in [0.5, 0.6) is 0 Å². The molecule has 1 fully saturated rings. The first-order chi connectivity index (χ1) is 12.6. The molecule has 0 saturated carbocycles. The van der Waals surface area contributed by atoms with Gasteiger partial charge in [-0.05, 0) is 42.4 Å². The summed E-state index contributed by atoms with van der Waals surface area (Å²) in [6.45, 7) is 5.04. The summed E-state index contributed by atoms with van der Waals surface area (Å²) in [6.07, 6.45) is -0.617. The second-order valence-electron chi connectivity index (χ2n) is 7.24. The largest absolute Gasteiger partial charge is 0.387 e. The highest BCUT2D eigenvalue weighted by molar-refractivity contribution is 5.94. The summed E-state index contributed by atoms with van der Waals surface area (Å²) >= 11 is 0. The Bertz CT molecular complexity index is 782. The highest BCUT2D eigenvalue weighted by atomic mass is 16.3. The minimum Gasteiger partial charge on any atom is -0.387 e. The Kier molecular flexibility index (Phi) is 4.66. The van der Waals surface area contributed by atoms with Crippen molar-refractivity contribution in [3.63, 3.8) is 0 Å². The van der Waals surface area contributed by atoms with E-state index >= 15 is 0 Å². The minimum absolute atomic E-state index is 0.0246. The van der Waals surface area contributed by atoms with Crippen LogP contribution in [-0.2, 0) is 6.54 Å². The fourth-order valence-electron chi connectivity index (χ4n) is 3.80. The maximum Gasteiger partial charge on any atom is 0.254 e. The number of carbonyl (C=O) groups excluding carboxylic acids is 1. The molecule has 5 heteroatoms. The molecule has 1 N–H and O–H groups in total. The Hall–Kier alpha value is -2.37. The molecule has 0 radical (unpaired) electrons. The van der Waals surface area contributed by atoms with Crippen molar-refractivity contribution < 1.29 is 9.90 Å². The van der Waals surface area contributed by atoms with Crippen molar-refractivity contribution in [2.75, 3.05) is 44.7 Å². The number of aliphatic hydroxyl groups excluding tert-OH is 1. The first-order valence-electron chi connectivity index (χ1n) is 9.20. The molecule has 2 aromatic rings. The predicted molar refractivity (Wildman–Crippen MR) is 102 cm³/mol. The van der Waals surface area contributed by atoms with E-state index in [1.165, 1.54) is 5.69 Å². The Balaban J connectivity index is 1.47. The van der Waals surface area contributed by atoms with E-state index in [0.717, 1.165) is 37.3 Å². The van der Waals surface area contributed by atoms with Crippen LogP contribution in [0.15, 0.2) is 48.5 Å². The van der Waals surface area contributed by atoms with Crippen LogP contribution in [0.1, 0.15) is 27.6 Å². The van der Waals surface area contributed by atoms with E-state index in [1.807, 2.05) is 48.5 Å². The van der Waals surface area contributed by atoms with E-state index in [-0.39, 0.29) is 5.91 Å². The molecule has 1 saturated heterocycles. The molecule has 0 bridgehead atoms. The molecular weight excluding hydrogens is 326 g/mol. The topological polar surface area (TPSA) is 47.0 Å². The van der Waals surface area contributed by atoms with Crippen LogP contribution < -0.4 is 4.90 Å². The van der Waals surface area contributed by atoms with Gasteiger partial charge in [0.1, 0.15) is 0 Å². The van der Waals surface area contributed by atoms with Gasteiger partial charge in [0, 0.05) is 44.0 Å². The normalized spacial score (nSPS) is 20.8. The minimum atomic E-state index is -0.617. The molecule has 2 aromatic carbocycles. The second kappa shape index (κ2) is 7.09. The molecule has 136 valence electrons. The Morgan fingerprint density at radius 3 is 2.42 bits per heavy atom. The molecule has 1 unspecified atom stereocenters. The number of fused-ring (bicyclic) bond motifs is 1. The van der Waals surface area contributed by atoms with E-state index in [9.17, 15) is 9.90 Å². The zero-order valence-corrected chi connectivity index (χ0v) is 15.1. The standard InChI is InChI=1S/C21H25N3O2/c1-22-10-12-23(13-11-22)18-8-6-16(7-9-18)21(26)24-14-17-4-2-3-5-19(17)20(25)15-24/h2-9,20,25H,10-15H2,1H3. The van der Waals surface area contributed by atoms with Gasteiger partial charge in [0.2, 0.25) is 0 Å². The molecule has 0 spiro atoms. The smallest absolute Gasteiger partial charge is 0.254 e. The Morgan fingerprint density at radius 2 is 1.69 bits per heavy atom. The van der Waals surface area contributed by atoms with Gasteiger partial charge in [-0.3, -0.25) is 4.79 Å². The van der Waals surface area contributed by atoms with Gasteiger partial charge in [-0.25, -0.2) is 0 Å². The number of hydrogen-bond acceptors (Lipinski definition) is 4. The molecule has 4 rings (SSSR count). The number of anilines is 1. The van der Waals surface area contributed by atoms with Gasteiger partial charge in [0.15, 0.2) is 0 Å². The first-order valence-corrected chi connectivity index (χ1v) is 9.20. The summed E-state index contributed by atoms with van der Waals surface area (Å²) in [4.78, 5) is 19.3. The molecule has 2 aliphatic heterocycles. The third-order valence-electron chi connectivity index (χ3n) is 5.44. The van der Waals surface area contributed by atoms with Crippen molar-refractivity contribution in [1.29, 1.82) is 0 Å². The Labute approximate surface area is 154 Å². The van der Waals surface area contributed by atoms with Crippen molar-refractivity contribution in [2.45, 2.75) is 12.6 Å². The highest BCUT2D eigenvalue weighted by Crippen LogP contribution is 2.27. The van der Waals surface area contributed by atoms with Crippen molar-refractivity contribution in [3.05, 3.63) is 65.2 Å². The quantitative estimate of drug-likeness (QED) is 0.900. The van der Waals surface area contributed by atoms with Crippen LogP contribution in [0.3, 0.4) is 0 Å². The van der Waals surface area contributed by atoms with Crippen molar-refractivity contribution in [1.82, 2.24) is 9.80 Å². The third kappa shape index (κ3) is 3.32. The van der Waals surface area contributed by atoms with Crippen molar-refractivity contribution in [3.8, 4) is 0 Å². The predicted octanol–water partition coefficient (Wildman–Crippen LogP) is 2.13. The molecule has 0 aromatic heterocycles. The zero-order valence-electron chi connectivity index (χ0n) is 15.1. The maximum atomic E-state index is 12.9. The average molecular weight is 351 g/mol. The fourth-order valence-corrected chi connectivity index (χ4v) is 3.80. The number of amides is 1. The summed E-state index contributed by atoms with van der Waals surface area (Å²) < 4.78 is 0. The van der Waals surface area contributed by atoms with E-state index < -0.39 is 6.10 Å². The summed E-state index contributed by atoms with van der Waals surface area (Å²) in [5, 5.41) is 10.4. The molecule has 1 amide bonds. The van der Waals surface area contributed by atoms with Crippen molar-refractivity contribution >= 4 is 11.6 Å². The molecule has 1 atom stereocenters. The average Bonchev–Trinajstić information content (AvgIpc) is 2.68. The number of rotatable bonds is 2. The number of β-amino-alcohol motifs (C(OH)–C–C–N with tert-alkyl or cyclic N) is 1. The summed E-state index contributed by atoms with van der Waals surface area (Å²) in [5.41, 5.74) is 3.80. The number of benzene rings is 2. The monoisotopic (exact) mass is 351 g/mol. The van der Waals surface area contributed by atoms with Crippen LogP contribution in [0.2, 0.25) is 0 Å². The molecule has 0 aliphatic carbocycles. The molecule has 26 heavy (non-hydrogen) atoms. The number of hydrogen-bond donors (Lipinski definition) is 1. The zero-order chi connectivity index (χ0) is 18.1. The second-order valence-corrected chi connectivity index (χ2v) is 7.24. The molecular formula is C21H25N3O2. The van der Waals surface area contributed by atoms with E-state index in [1.54, 1.807) is 4.90 Å². The SMILES string of the molecule is CN1CCN(c2ccc(C(=O)N3Cc4ccccc4C(O)C3)cc2)CC1. The lowest BCUT2D eigenvalue weighted by Crippen LogP contribution is -2.44. The number of carbonyl (C=O) groups is 1. The summed E-state index contributed by atoms with van der Waals surface area (Å²) in [6, 6.07) is 15.7. The van der Waals surface area contributed by atoms with Crippen molar-refractivity contribution in [2.24, 2.45) is 0 Å². The summed E-state index contributed by atoms with van der Waals surface area (Å²) in [5.74, 6) is -0.0246. The summed E-state index contributed by atoms with van der Waals surface area (Å²) in [7, 11) is 2.14. The molecule has 5 nitrogen and oxygen atoms in total. The lowest BCUT2D eigenvalue weighted by atomic mass is 9.97. The lowest BCUT2D eigenvalue weighted by molar-refractivity contribution is 0.0550. The number of piperazine rings is 1. The van der Waals surface area contributed by atoms with Gasteiger partial charge in [0.25, 0.3) is 5.91 Å². The van der Waals surface area contributed by atoms with E-state index in [4.69, 9.17) is 0 Å². The molecule has 2 aliphatic rings. The molecule has 2 heterocycles. The van der Waals surface area contributed by atoms with E-state index in [0.29, 0.717) is 18.7 Å². The van der Waals surface area contributed by atoms with E-state index in [2.05, 4.69) is 16.8 Å².